The van der Waals surface area contributed by atoms with E-state index in [0.717, 1.165) is 18.0 Å². The maximum absolute atomic E-state index is 11.1. The number of carbonyl (C=O) groups is 1. The highest BCUT2D eigenvalue weighted by atomic mass is 32.1. The molecule has 2 heterocycles. The Morgan fingerprint density at radius 3 is 3.05 bits per heavy atom. The highest BCUT2D eigenvalue weighted by Gasteiger charge is 2.27. The van der Waals surface area contributed by atoms with E-state index < -0.39 is 5.97 Å². The molecule has 4 nitrogen and oxygen atoms in total. The minimum absolute atomic E-state index is 0.0745. The van der Waals surface area contributed by atoms with Crippen LogP contribution in [0.25, 0.3) is 0 Å². The Morgan fingerprint density at radius 1 is 1.62 bits per heavy atom. The van der Waals surface area contributed by atoms with E-state index in [-0.39, 0.29) is 12.5 Å². The van der Waals surface area contributed by atoms with Crippen LogP contribution in [0.2, 0.25) is 0 Å². The first-order valence-electron chi connectivity index (χ1n) is 7.83. The van der Waals surface area contributed by atoms with Crippen LogP contribution in [0.1, 0.15) is 44.0 Å². The summed E-state index contributed by atoms with van der Waals surface area (Å²) in [5.41, 5.74) is 0. The van der Waals surface area contributed by atoms with Crippen molar-refractivity contribution in [1.82, 2.24) is 10.2 Å². The molecule has 118 valence electrons. The lowest BCUT2D eigenvalue weighted by molar-refractivity contribution is -0.137. The van der Waals surface area contributed by atoms with E-state index in [1.807, 2.05) is 17.5 Å². The largest absolute Gasteiger partial charge is 0.481 e. The average Bonchev–Trinajstić information content (AvgIpc) is 3.00. The van der Waals surface area contributed by atoms with Gasteiger partial charge in [-0.3, -0.25) is 4.79 Å². The van der Waals surface area contributed by atoms with Crippen molar-refractivity contribution in [1.29, 1.82) is 0 Å². The molecular formula is C16H26N2O2S. The second-order valence-corrected chi connectivity index (χ2v) is 6.90. The minimum Gasteiger partial charge on any atom is -0.481 e. The molecule has 0 aliphatic carbocycles. The van der Waals surface area contributed by atoms with Crippen LogP contribution >= 0.6 is 11.3 Å². The van der Waals surface area contributed by atoms with Gasteiger partial charge >= 0.3 is 5.97 Å². The lowest BCUT2D eigenvalue weighted by Gasteiger charge is -2.36. The minimum atomic E-state index is -0.744. The number of piperidine rings is 1. The maximum atomic E-state index is 11.1. The number of nitrogens with zero attached hydrogens (tertiary/aromatic N) is 1. The van der Waals surface area contributed by atoms with Gasteiger partial charge in [0.25, 0.3) is 0 Å². The van der Waals surface area contributed by atoms with Gasteiger partial charge in [-0.15, -0.1) is 11.3 Å². The zero-order valence-corrected chi connectivity index (χ0v) is 13.7. The number of likely N-dealkylation sites (tertiary alicyclic amines) is 1. The van der Waals surface area contributed by atoms with E-state index in [9.17, 15) is 4.79 Å². The number of carboxylic acids is 1. The molecule has 1 aromatic heterocycles. The zero-order chi connectivity index (χ0) is 15.2. The third-order valence-electron chi connectivity index (χ3n) is 4.43. The summed E-state index contributed by atoms with van der Waals surface area (Å²) in [4.78, 5) is 14.7. The topological polar surface area (TPSA) is 52.6 Å². The summed E-state index contributed by atoms with van der Waals surface area (Å²) in [6, 6.07) is 4.28. The van der Waals surface area contributed by atoms with Crippen LogP contribution in [0.3, 0.4) is 0 Å². The van der Waals surface area contributed by atoms with Gasteiger partial charge in [0.05, 0.1) is 12.5 Å². The van der Waals surface area contributed by atoms with E-state index in [1.165, 1.54) is 19.4 Å². The first kappa shape index (κ1) is 16.5. The lowest BCUT2D eigenvalue weighted by Crippen LogP contribution is -2.45. The smallest absolute Gasteiger partial charge is 0.305 e. The fourth-order valence-electron chi connectivity index (χ4n) is 3.15. The van der Waals surface area contributed by atoms with E-state index in [2.05, 4.69) is 24.1 Å². The second-order valence-electron chi connectivity index (χ2n) is 5.92. The standard InChI is InChI=1S/C16H26N2O2S/c1-3-18-8-4-6-13(11-18)12(2)17-14(10-16(19)20)15-7-5-9-21-15/h5,7,9,12-14,17H,3-4,6,8,10-11H2,1-2H3,(H,19,20). The van der Waals surface area contributed by atoms with E-state index in [4.69, 9.17) is 5.11 Å². The van der Waals surface area contributed by atoms with Crippen molar-refractivity contribution in [2.75, 3.05) is 19.6 Å². The van der Waals surface area contributed by atoms with Crippen molar-refractivity contribution in [2.45, 2.75) is 45.2 Å². The Balaban J connectivity index is 1.97. The fourth-order valence-corrected chi connectivity index (χ4v) is 3.93. The molecule has 0 radical (unpaired) electrons. The first-order valence-corrected chi connectivity index (χ1v) is 8.71. The fraction of sp³-hybridized carbons (Fsp3) is 0.688. The van der Waals surface area contributed by atoms with E-state index in [0.29, 0.717) is 12.0 Å². The molecule has 1 fully saturated rings. The number of nitrogens with one attached hydrogen (secondary N) is 1. The van der Waals surface area contributed by atoms with Crippen LogP contribution < -0.4 is 5.32 Å². The molecule has 3 unspecified atom stereocenters. The van der Waals surface area contributed by atoms with Gasteiger partial charge in [0.2, 0.25) is 0 Å². The number of aliphatic carboxylic acids is 1. The van der Waals surface area contributed by atoms with Gasteiger partial charge in [0, 0.05) is 17.5 Å². The summed E-state index contributed by atoms with van der Waals surface area (Å²) >= 11 is 1.63. The molecule has 0 saturated carbocycles. The van der Waals surface area contributed by atoms with Crippen LogP contribution in [0.4, 0.5) is 0 Å². The highest BCUT2D eigenvalue weighted by molar-refractivity contribution is 7.10. The van der Waals surface area contributed by atoms with Gasteiger partial charge in [0.1, 0.15) is 0 Å². The van der Waals surface area contributed by atoms with Crippen LogP contribution in [0.15, 0.2) is 17.5 Å². The SMILES string of the molecule is CCN1CCCC(C(C)NC(CC(=O)O)c2cccs2)C1. The van der Waals surface area contributed by atoms with Gasteiger partial charge in [-0.1, -0.05) is 13.0 Å². The molecule has 1 aromatic rings. The second kappa shape index (κ2) is 7.92. The number of hydrogen-bond donors (Lipinski definition) is 2. The Labute approximate surface area is 131 Å². The molecule has 2 N–H and O–H groups in total. The van der Waals surface area contributed by atoms with Crippen LogP contribution in [-0.2, 0) is 4.79 Å². The van der Waals surface area contributed by atoms with Gasteiger partial charge in [-0.05, 0) is 50.2 Å². The highest BCUT2D eigenvalue weighted by Crippen LogP contribution is 2.26. The molecule has 2 rings (SSSR count). The Hall–Kier alpha value is -0.910. The summed E-state index contributed by atoms with van der Waals surface area (Å²) in [5, 5.41) is 14.7. The normalized spacial score (nSPS) is 22.9. The molecule has 0 amide bonds. The zero-order valence-electron chi connectivity index (χ0n) is 12.9. The number of thiophene rings is 1. The number of carboxylic acid groups (broad SMARTS) is 1. The summed E-state index contributed by atoms with van der Waals surface area (Å²) in [6.07, 6.45) is 2.62. The van der Waals surface area contributed by atoms with Crippen LogP contribution in [-0.4, -0.2) is 41.7 Å². The summed E-state index contributed by atoms with van der Waals surface area (Å²) in [7, 11) is 0. The average molecular weight is 310 g/mol. The molecule has 0 spiro atoms. The maximum Gasteiger partial charge on any atom is 0.305 e. The summed E-state index contributed by atoms with van der Waals surface area (Å²) in [5.74, 6) is -0.137. The summed E-state index contributed by atoms with van der Waals surface area (Å²) in [6.45, 7) is 7.83. The molecule has 5 heteroatoms. The van der Waals surface area contributed by atoms with Gasteiger partial charge < -0.3 is 15.3 Å². The van der Waals surface area contributed by atoms with Crippen molar-refractivity contribution in [3.63, 3.8) is 0 Å². The molecule has 0 bridgehead atoms. The van der Waals surface area contributed by atoms with Crippen molar-refractivity contribution in [2.24, 2.45) is 5.92 Å². The Morgan fingerprint density at radius 2 is 2.43 bits per heavy atom. The van der Waals surface area contributed by atoms with Gasteiger partial charge in [-0.25, -0.2) is 0 Å². The van der Waals surface area contributed by atoms with Crippen LogP contribution in [0.5, 0.6) is 0 Å². The van der Waals surface area contributed by atoms with Gasteiger partial charge in [-0.2, -0.15) is 0 Å². The molecule has 1 aliphatic rings. The lowest BCUT2D eigenvalue weighted by atomic mass is 9.91. The van der Waals surface area contributed by atoms with E-state index >= 15 is 0 Å². The van der Waals surface area contributed by atoms with Crippen molar-refractivity contribution in [3.8, 4) is 0 Å². The predicted molar refractivity (Wildman–Crippen MR) is 86.7 cm³/mol. The predicted octanol–water partition coefficient (Wildman–Crippen LogP) is 2.97. The molecule has 1 aliphatic heterocycles. The molecule has 21 heavy (non-hydrogen) atoms. The third kappa shape index (κ3) is 4.80. The quantitative estimate of drug-likeness (QED) is 0.813. The number of rotatable bonds is 7. The van der Waals surface area contributed by atoms with Gasteiger partial charge in [0.15, 0.2) is 0 Å². The molecule has 3 atom stereocenters. The Bertz CT molecular complexity index is 435. The monoisotopic (exact) mass is 310 g/mol. The number of hydrogen-bond acceptors (Lipinski definition) is 4. The summed E-state index contributed by atoms with van der Waals surface area (Å²) < 4.78 is 0. The van der Waals surface area contributed by atoms with Crippen molar-refractivity contribution >= 4 is 17.3 Å². The van der Waals surface area contributed by atoms with Crippen LogP contribution in [0, 0.1) is 5.92 Å². The third-order valence-corrected chi connectivity index (χ3v) is 5.41. The van der Waals surface area contributed by atoms with E-state index in [1.54, 1.807) is 11.3 Å². The van der Waals surface area contributed by atoms with Crippen molar-refractivity contribution in [3.05, 3.63) is 22.4 Å². The van der Waals surface area contributed by atoms with Crippen molar-refractivity contribution < 1.29 is 9.90 Å². The Kier molecular flexibility index (Phi) is 6.21. The first-order chi connectivity index (χ1) is 10.1. The molecule has 1 saturated heterocycles. The molecular weight excluding hydrogens is 284 g/mol. The molecule has 0 aromatic carbocycles.